The summed E-state index contributed by atoms with van der Waals surface area (Å²) in [7, 11) is 0. The molecule has 3 aromatic carbocycles. The van der Waals surface area contributed by atoms with Crippen molar-refractivity contribution < 1.29 is 5.94 Å². The fourth-order valence-corrected chi connectivity index (χ4v) is 5.95. The Bertz CT molecular complexity index is 1330. The van der Waals surface area contributed by atoms with Crippen LogP contribution in [-0.2, 0) is 0 Å². The Kier molecular flexibility index (Phi) is 4.48. The van der Waals surface area contributed by atoms with Crippen molar-refractivity contribution in [1.29, 1.82) is 0 Å². The van der Waals surface area contributed by atoms with Gasteiger partial charge in [0.1, 0.15) is 11.7 Å². The SMILES string of the molecule is [2H]C1(C2CCCCC2)c2ccccc2-c2c(C)n(-c3ccccc3C)c(-c3ccccc3)[n+]21. The number of aryl methyl sites for hydroxylation is 1. The zero-order valence-electron chi connectivity index (χ0n) is 20.0. The number of fused-ring (bicyclic) bond motifs is 3. The zero-order valence-corrected chi connectivity index (χ0v) is 19.0. The number of aromatic nitrogens is 2. The lowest BCUT2D eigenvalue weighted by molar-refractivity contribution is -0.694. The average molecular weight is 421 g/mol. The predicted molar refractivity (Wildman–Crippen MR) is 131 cm³/mol. The number of rotatable bonds is 3. The van der Waals surface area contributed by atoms with E-state index >= 15 is 0 Å². The van der Waals surface area contributed by atoms with Crippen LogP contribution in [0.15, 0.2) is 78.9 Å². The molecule has 1 fully saturated rings. The third kappa shape index (κ3) is 2.89. The van der Waals surface area contributed by atoms with Crippen molar-refractivity contribution in [1.82, 2.24) is 4.57 Å². The molecule has 32 heavy (non-hydrogen) atoms. The van der Waals surface area contributed by atoms with E-state index in [2.05, 4.69) is 102 Å². The molecule has 1 aromatic heterocycles. The van der Waals surface area contributed by atoms with Gasteiger partial charge in [0.25, 0.3) is 5.82 Å². The van der Waals surface area contributed by atoms with Crippen LogP contribution in [0.5, 0.6) is 0 Å². The summed E-state index contributed by atoms with van der Waals surface area (Å²) >= 11 is 0. The largest absolute Gasteiger partial charge is 0.295 e. The topological polar surface area (TPSA) is 8.81 Å². The summed E-state index contributed by atoms with van der Waals surface area (Å²) in [6, 6.07) is 27.2. The zero-order chi connectivity index (χ0) is 22.6. The van der Waals surface area contributed by atoms with E-state index < -0.39 is 6.02 Å². The monoisotopic (exact) mass is 420 g/mol. The molecule has 2 aliphatic rings. The summed E-state index contributed by atoms with van der Waals surface area (Å²) in [5.74, 6) is 1.43. The van der Waals surface area contributed by atoms with Crippen molar-refractivity contribution >= 4 is 0 Å². The first kappa shape index (κ1) is 18.4. The molecule has 1 aliphatic heterocycles. The van der Waals surface area contributed by atoms with E-state index in [4.69, 9.17) is 0 Å². The highest BCUT2D eigenvalue weighted by Crippen LogP contribution is 2.46. The van der Waals surface area contributed by atoms with Gasteiger partial charge in [-0.2, -0.15) is 4.57 Å². The highest BCUT2D eigenvalue weighted by Gasteiger charge is 2.46. The van der Waals surface area contributed by atoms with E-state index in [1.165, 1.54) is 53.0 Å². The maximum Gasteiger partial charge on any atom is 0.295 e. The minimum absolute atomic E-state index is 0.313. The molecule has 1 unspecified atom stereocenters. The maximum absolute atomic E-state index is 10.2. The van der Waals surface area contributed by atoms with Gasteiger partial charge < -0.3 is 0 Å². The molecule has 0 spiro atoms. The summed E-state index contributed by atoms with van der Waals surface area (Å²) < 4.78 is 15.0. The number of hydrogen-bond acceptors (Lipinski definition) is 0. The lowest BCUT2D eigenvalue weighted by Gasteiger charge is -2.27. The van der Waals surface area contributed by atoms with Gasteiger partial charge >= 0.3 is 0 Å². The van der Waals surface area contributed by atoms with Gasteiger partial charge in [0.2, 0.25) is 0 Å². The molecule has 2 nitrogen and oxygen atoms in total. The standard InChI is InChI=1S/C30H31N2/c1-21-13-9-12-20-27(21)31-22(2)28-25-18-10-11-19-26(25)29(23-14-5-3-6-15-23)32(28)30(31)24-16-7-4-8-17-24/h4,7-13,16-20,23,29H,3,5-6,14-15H2,1-2H3/q+1/i29D. The van der Waals surface area contributed by atoms with Crippen LogP contribution in [-0.4, -0.2) is 4.57 Å². The van der Waals surface area contributed by atoms with E-state index in [9.17, 15) is 1.37 Å². The number of hydrogen-bond donors (Lipinski definition) is 0. The van der Waals surface area contributed by atoms with Crippen LogP contribution in [0, 0.1) is 19.8 Å². The van der Waals surface area contributed by atoms with E-state index in [1.54, 1.807) is 0 Å². The van der Waals surface area contributed by atoms with Gasteiger partial charge in [0, 0.05) is 24.0 Å². The van der Waals surface area contributed by atoms with Gasteiger partial charge in [-0.15, -0.1) is 0 Å². The third-order valence-electron chi connectivity index (χ3n) is 7.40. The van der Waals surface area contributed by atoms with E-state index in [1.807, 2.05) is 0 Å². The lowest BCUT2D eigenvalue weighted by Crippen LogP contribution is -2.43. The van der Waals surface area contributed by atoms with Crippen LogP contribution in [0.2, 0.25) is 0 Å². The molecule has 2 heteroatoms. The van der Waals surface area contributed by atoms with Crippen molar-refractivity contribution in [3.05, 3.63) is 95.7 Å². The fraction of sp³-hybridized carbons (Fsp3) is 0.300. The number of imidazole rings is 1. The molecule has 1 saturated carbocycles. The molecule has 1 atom stereocenters. The smallest absolute Gasteiger partial charge is 0.215 e. The molecular weight excluding hydrogens is 388 g/mol. The van der Waals surface area contributed by atoms with Gasteiger partial charge in [-0.3, -0.25) is 0 Å². The molecule has 4 aromatic rings. The van der Waals surface area contributed by atoms with Crippen LogP contribution in [0.25, 0.3) is 28.3 Å². The lowest BCUT2D eigenvalue weighted by atomic mass is 9.81. The Morgan fingerprint density at radius 1 is 0.812 bits per heavy atom. The summed E-state index contributed by atoms with van der Waals surface area (Å²) in [5.41, 5.74) is 8.40. The Balaban J connectivity index is 1.75. The van der Waals surface area contributed by atoms with Gasteiger partial charge in [0.15, 0.2) is 11.4 Å². The Morgan fingerprint density at radius 2 is 1.50 bits per heavy atom. The van der Waals surface area contributed by atoms with Crippen molar-refractivity contribution in [2.45, 2.75) is 52.0 Å². The molecule has 0 N–H and O–H groups in total. The first-order valence-corrected chi connectivity index (χ1v) is 12.0. The average Bonchev–Trinajstić information content (AvgIpc) is 3.32. The van der Waals surface area contributed by atoms with Crippen molar-refractivity contribution in [2.75, 3.05) is 0 Å². The highest BCUT2D eigenvalue weighted by atomic mass is 15.2. The normalized spacial score (nSPS) is 20.6. The molecule has 1 aliphatic carbocycles. The van der Waals surface area contributed by atoms with Gasteiger partial charge in [-0.1, -0.05) is 79.9 Å². The van der Waals surface area contributed by atoms with Gasteiger partial charge in [0.05, 0.1) is 6.93 Å². The Labute approximate surface area is 192 Å². The second-order valence-electron chi connectivity index (χ2n) is 9.35. The van der Waals surface area contributed by atoms with Crippen molar-refractivity contribution in [3.8, 4) is 28.3 Å². The quantitative estimate of drug-likeness (QED) is 0.310. The molecule has 2 heterocycles. The van der Waals surface area contributed by atoms with Crippen molar-refractivity contribution in [3.63, 3.8) is 0 Å². The van der Waals surface area contributed by atoms with Crippen LogP contribution in [0.1, 0.15) is 56.3 Å². The van der Waals surface area contributed by atoms with Crippen LogP contribution >= 0.6 is 0 Å². The molecule has 0 saturated heterocycles. The maximum atomic E-state index is 10.2. The molecule has 0 amide bonds. The summed E-state index contributed by atoms with van der Waals surface area (Å²) in [6.07, 6.45) is 5.98. The second-order valence-corrected chi connectivity index (χ2v) is 9.35. The number of para-hydroxylation sites is 1. The predicted octanol–water partition coefficient (Wildman–Crippen LogP) is 7.20. The Hall–Kier alpha value is -3.13. The molecule has 160 valence electrons. The summed E-state index contributed by atoms with van der Waals surface area (Å²) in [4.78, 5) is 0. The summed E-state index contributed by atoms with van der Waals surface area (Å²) in [5, 5.41) is 0. The van der Waals surface area contributed by atoms with Crippen LogP contribution < -0.4 is 4.57 Å². The molecular formula is C30H31N2+. The van der Waals surface area contributed by atoms with Gasteiger partial charge in [-0.25, -0.2) is 4.57 Å². The minimum Gasteiger partial charge on any atom is -0.215 e. The third-order valence-corrected chi connectivity index (χ3v) is 7.40. The number of nitrogens with zero attached hydrogens (tertiary/aromatic N) is 2. The first-order chi connectivity index (χ1) is 16.1. The van der Waals surface area contributed by atoms with E-state index in [0.717, 1.165) is 24.2 Å². The molecule has 0 radical (unpaired) electrons. The highest BCUT2D eigenvalue weighted by molar-refractivity contribution is 5.71. The Morgan fingerprint density at radius 3 is 2.28 bits per heavy atom. The fourth-order valence-electron chi connectivity index (χ4n) is 5.95. The number of benzene rings is 3. The summed E-state index contributed by atoms with van der Waals surface area (Å²) in [6.45, 7) is 4.41. The molecule has 0 bridgehead atoms. The van der Waals surface area contributed by atoms with Gasteiger partial charge in [-0.05, 0) is 43.5 Å². The van der Waals surface area contributed by atoms with Crippen molar-refractivity contribution in [2.24, 2.45) is 5.92 Å². The minimum atomic E-state index is -0.795. The van der Waals surface area contributed by atoms with E-state index in [-0.39, 0.29) is 0 Å². The second kappa shape index (κ2) is 7.78. The van der Waals surface area contributed by atoms with E-state index in [0.29, 0.717) is 5.92 Å². The first-order valence-electron chi connectivity index (χ1n) is 12.5. The molecule has 6 rings (SSSR count). The van der Waals surface area contributed by atoms with Crippen LogP contribution in [0.4, 0.5) is 0 Å². The van der Waals surface area contributed by atoms with Crippen LogP contribution in [0.3, 0.4) is 0 Å².